The van der Waals surface area contributed by atoms with Crippen molar-refractivity contribution in [2.45, 2.75) is 87.7 Å². The molecule has 37 heavy (non-hydrogen) atoms. The fraction of sp³-hybridized carbons (Fsp3) is 0.594. The number of carbonyl (C=O) groups is 1. The van der Waals surface area contributed by atoms with Gasteiger partial charge in [-0.05, 0) is 93.5 Å². The van der Waals surface area contributed by atoms with Gasteiger partial charge in [-0.25, -0.2) is 0 Å². The van der Waals surface area contributed by atoms with Gasteiger partial charge in [-0.15, -0.1) is 0 Å². The maximum Gasteiger partial charge on any atom is 0.220 e. The largest absolute Gasteiger partial charge is 0.497 e. The first-order valence-electron chi connectivity index (χ1n) is 14.4. The average Bonchev–Trinajstić information content (AvgIpc) is 3.73. The highest BCUT2D eigenvalue weighted by molar-refractivity contribution is 5.76. The maximum absolute atomic E-state index is 12.9. The first-order chi connectivity index (χ1) is 18.0. The summed E-state index contributed by atoms with van der Waals surface area (Å²) in [6, 6.07) is 18.9. The molecule has 5 rings (SSSR count). The van der Waals surface area contributed by atoms with E-state index in [0.29, 0.717) is 12.8 Å². The number of hydrogen-bond acceptors (Lipinski definition) is 4. The Balaban J connectivity index is 1.20. The summed E-state index contributed by atoms with van der Waals surface area (Å²) >= 11 is 0. The van der Waals surface area contributed by atoms with E-state index in [1.54, 1.807) is 7.11 Å². The molecule has 5 heteroatoms. The average molecular weight is 505 g/mol. The smallest absolute Gasteiger partial charge is 0.220 e. The number of ether oxygens (including phenoxy) is 1. The van der Waals surface area contributed by atoms with E-state index in [4.69, 9.17) is 4.74 Å². The Kier molecular flexibility index (Phi) is 8.21. The molecule has 1 saturated heterocycles. The van der Waals surface area contributed by atoms with Gasteiger partial charge in [0.1, 0.15) is 5.75 Å². The number of piperidine rings is 1. The Morgan fingerprint density at radius 3 is 2.68 bits per heavy atom. The van der Waals surface area contributed by atoms with Gasteiger partial charge in [-0.2, -0.15) is 0 Å². The van der Waals surface area contributed by atoms with Crippen LogP contribution < -0.4 is 10.1 Å². The molecule has 0 spiro atoms. The second-order valence-electron chi connectivity index (χ2n) is 11.8. The molecule has 1 heterocycles. The van der Waals surface area contributed by atoms with Crippen LogP contribution in [0.25, 0.3) is 0 Å². The first kappa shape index (κ1) is 26.2. The Morgan fingerprint density at radius 1 is 1.05 bits per heavy atom. The van der Waals surface area contributed by atoms with E-state index in [0.717, 1.165) is 81.8 Å². The molecule has 200 valence electrons. The first-order valence-corrected chi connectivity index (χ1v) is 14.4. The third kappa shape index (κ3) is 6.21. The minimum absolute atomic E-state index is 0.0956. The molecule has 0 radical (unpaired) electrons. The van der Waals surface area contributed by atoms with Crippen molar-refractivity contribution in [3.05, 3.63) is 65.7 Å². The third-order valence-electron chi connectivity index (χ3n) is 9.14. The molecule has 0 bridgehead atoms. The monoisotopic (exact) mass is 504 g/mol. The minimum Gasteiger partial charge on any atom is -0.497 e. The molecule has 2 aromatic rings. The number of amides is 1. The third-order valence-corrected chi connectivity index (χ3v) is 9.14. The zero-order chi connectivity index (χ0) is 25.7. The summed E-state index contributed by atoms with van der Waals surface area (Å²) in [6.45, 7) is 2.84. The molecule has 1 aliphatic heterocycles. The van der Waals surface area contributed by atoms with Crippen LogP contribution in [-0.2, 0) is 16.6 Å². The van der Waals surface area contributed by atoms with Crippen molar-refractivity contribution in [1.29, 1.82) is 0 Å². The van der Waals surface area contributed by atoms with Gasteiger partial charge < -0.3 is 20.1 Å². The number of likely N-dealkylation sites (tertiary alicyclic amines) is 1. The summed E-state index contributed by atoms with van der Waals surface area (Å²) in [5, 5.41) is 15.6. The highest BCUT2D eigenvalue weighted by Gasteiger charge is 2.57. The highest BCUT2D eigenvalue weighted by atomic mass is 16.5. The number of hydrogen-bond donors (Lipinski definition) is 2. The zero-order valence-corrected chi connectivity index (χ0v) is 22.5. The second kappa shape index (κ2) is 11.6. The van der Waals surface area contributed by atoms with Gasteiger partial charge in [0, 0.05) is 31.0 Å². The predicted octanol–water partition coefficient (Wildman–Crippen LogP) is 5.25. The fourth-order valence-corrected chi connectivity index (χ4v) is 6.86. The number of aryl methyl sites for hydroxylation is 1. The number of methoxy groups -OCH3 is 1. The van der Waals surface area contributed by atoms with E-state index >= 15 is 0 Å². The van der Waals surface area contributed by atoms with E-state index in [-0.39, 0.29) is 17.4 Å². The standard InChI is InChI=1S/C32H44N2O3/c1-37-29-13-8-12-27(21-29)31-19-20-34(23-26-15-16-26)24-32(31,36)18-17-28(22-31)33-30(35)14-7-3-6-11-25-9-4-2-5-10-25/h2,4-5,8-10,12-13,21,26,28,36H,3,6-7,11,14-20,22-24H2,1H3,(H,33,35)/t28-,31+,32+/m1/s1. The summed E-state index contributed by atoms with van der Waals surface area (Å²) in [5.41, 5.74) is 1.37. The number of nitrogens with one attached hydrogen (secondary N) is 1. The number of aliphatic hydroxyl groups is 1. The SMILES string of the molecule is COc1cccc([C@@]23CCN(CC4CC4)C[C@@]2(O)CC[C@@H](NC(=O)CCCCCc2ccccc2)C3)c1. The molecule has 3 atom stereocenters. The van der Waals surface area contributed by atoms with E-state index in [1.165, 1.54) is 18.4 Å². The maximum atomic E-state index is 12.9. The number of carbonyl (C=O) groups excluding carboxylic acids is 1. The molecule has 5 nitrogen and oxygen atoms in total. The normalized spacial score (nSPS) is 27.9. The topological polar surface area (TPSA) is 61.8 Å². The second-order valence-corrected chi connectivity index (χ2v) is 11.8. The van der Waals surface area contributed by atoms with Crippen LogP contribution in [0.4, 0.5) is 0 Å². The Bertz CT molecular complexity index is 1040. The summed E-state index contributed by atoms with van der Waals surface area (Å²) in [7, 11) is 1.70. The zero-order valence-electron chi connectivity index (χ0n) is 22.5. The summed E-state index contributed by atoms with van der Waals surface area (Å²) in [6.07, 6.45) is 10.7. The van der Waals surface area contributed by atoms with Crippen LogP contribution in [0.2, 0.25) is 0 Å². The molecular formula is C32H44N2O3. The van der Waals surface area contributed by atoms with Crippen LogP contribution in [0.1, 0.15) is 75.3 Å². The van der Waals surface area contributed by atoms with Gasteiger partial charge >= 0.3 is 0 Å². The van der Waals surface area contributed by atoms with Crippen molar-refractivity contribution in [2.24, 2.45) is 5.92 Å². The Hall–Kier alpha value is -2.37. The van der Waals surface area contributed by atoms with Crippen molar-refractivity contribution in [3.63, 3.8) is 0 Å². The quantitative estimate of drug-likeness (QED) is 0.410. The van der Waals surface area contributed by atoms with Crippen molar-refractivity contribution in [1.82, 2.24) is 10.2 Å². The lowest BCUT2D eigenvalue weighted by atomic mass is 9.55. The number of benzene rings is 2. The van der Waals surface area contributed by atoms with Gasteiger partial charge in [0.15, 0.2) is 0 Å². The minimum atomic E-state index is -0.787. The van der Waals surface area contributed by atoms with Crippen LogP contribution in [0, 0.1) is 5.92 Å². The molecule has 2 saturated carbocycles. The van der Waals surface area contributed by atoms with Crippen LogP contribution in [0.15, 0.2) is 54.6 Å². The van der Waals surface area contributed by atoms with Crippen molar-refractivity contribution in [3.8, 4) is 5.75 Å². The van der Waals surface area contributed by atoms with E-state index in [1.807, 2.05) is 12.1 Å². The molecule has 0 unspecified atom stereocenters. The highest BCUT2D eigenvalue weighted by Crippen LogP contribution is 2.52. The van der Waals surface area contributed by atoms with E-state index in [2.05, 4.69) is 52.7 Å². The summed E-state index contributed by atoms with van der Waals surface area (Å²) in [4.78, 5) is 15.4. The lowest BCUT2D eigenvalue weighted by molar-refractivity contribution is -0.134. The van der Waals surface area contributed by atoms with Crippen molar-refractivity contribution in [2.75, 3.05) is 26.7 Å². The number of rotatable bonds is 11. The number of β-amino-alcohol motifs (C(OH)–C–C–N with tert-alkyl or cyclic N) is 1. The van der Waals surface area contributed by atoms with Crippen molar-refractivity contribution < 1.29 is 14.6 Å². The van der Waals surface area contributed by atoms with Crippen LogP contribution in [0.3, 0.4) is 0 Å². The van der Waals surface area contributed by atoms with Gasteiger partial charge in [-0.1, -0.05) is 48.9 Å². The molecule has 2 aliphatic carbocycles. The van der Waals surface area contributed by atoms with Crippen LogP contribution >= 0.6 is 0 Å². The lowest BCUT2D eigenvalue weighted by Crippen LogP contribution is -2.67. The van der Waals surface area contributed by atoms with Crippen LogP contribution in [-0.4, -0.2) is 54.3 Å². The summed E-state index contributed by atoms with van der Waals surface area (Å²) in [5.74, 6) is 1.80. The van der Waals surface area contributed by atoms with Gasteiger partial charge in [-0.3, -0.25) is 4.79 Å². The summed E-state index contributed by atoms with van der Waals surface area (Å²) < 4.78 is 5.56. The molecule has 2 N–H and O–H groups in total. The lowest BCUT2D eigenvalue weighted by Gasteiger charge is -2.58. The molecule has 0 aromatic heterocycles. The molecular weight excluding hydrogens is 460 g/mol. The van der Waals surface area contributed by atoms with Crippen molar-refractivity contribution >= 4 is 5.91 Å². The van der Waals surface area contributed by atoms with Gasteiger partial charge in [0.2, 0.25) is 5.91 Å². The molecule has 2 aromatic carbocycles. The van der Waals surface area contributed by atoms with Gasteiger partial charge in [0.05, 0.1) is 12.7 Å². The number of nitrogens with zero attached hydrogens (tertiary/aromatic N) is 1. The Morgan fingerprint density at radius 2 is 1.89 bits per heavy atom. The predicted molar refractivity (Wildman–Crippen MR) is 148 cm³/mol. The molecule has 1 amide bonds. The van der Waals surface area contributed by atoms with Gasteiger partial charge in [0.25, 0.3) is 0 Å². The van der Waals surface area contributed by atoms with E-state index < -0.39 is 5.60 Å². The van der Waals surface area contributed by atoms with Crippen LogP contribution in [0.5, 0.6) is 5.75 Å². The number of unbranched alkanes of at least 4 members (excludes halogenated alkanes) is 2. The Labute approximate surface area is 222 Å². The molecule has 3 aliphatic rings. The van der Waals surface area contributed by atoms with E-state index in [9.17, 15) is 9.90 Å². The fourth-order valence-electron chi connectivity index (χ4n) is 6.86. The number of fused-ring (bicyclic) bond motifs is 1. The molecule has 3 fully saturated rings.